The topological polar surface area (TPSA) is 58.6 Å². The van der Waals surface area contributed by atoms with Crippen molar-refractivity contribution in [2.24, 2.45) is 0 Å². The molecule has 0 aromatic heterocycles. The molecule has 0 unspecified atom stereocenters. The van der Waals surface area contributed by atoms with Gasteiger partial charge in [-0.25, -0.2) is 8.42 Å². The smallest absolute Gasteiger partial charge is 0.261 e. The SMILES string of the molecule is CN(C)CCOc1cc(NS(=O)(=O)c2ccc(-c3ccc(Cl)c(Cl)c3)cc2)ccc1Cl. The Balaban J connectivity index is 1.76. The Kier molecular flexibility index (Phi) is 7.73. The lowest BCUT2D eigenvalue weighted by molar-refractivity contribution is 0.261. The molecule has 0 amide bonds. The van der Waals surface area contributed by atoms with E-state index in [1.54, 1.807) is 42.5 Å². The third-order valence-electron chi connectivity index (χ3n) is 4.40. The number of hydrogen-bond donors (Lipinski definition) is 1. The maximum Gasteiger partial charge on any atom is 0.261 e. The van der Waals surface area contributed by atoms with Gasteiger partial charge in [0, 0.05) is 12.6 Å². The molecule has 31 heavy (non-hydrogen) atoms. The molecule has 0 bridgehead atoms. The Morgan fingerprint density at radius 3 is 2.13 bits per heavy atom. The Labute approximate surface area is 197 Å². The van der Waals surface area contributed by atoms with Crippen LogP contribution in [-0.4, -0.2) is 40.6 Å². The molecule has 0 aliphatic heterocycles. The zero-order chi connectivity index (χ0) is 22.6. The highest BCUT2D eigenvalue weighted by Gasteiger charge is 2.16. The maximum atomic E-state index is 12.8. The van der Waals surface area contributed by atoms with Gasteiger partial charge in [0.15, 0.2) is 0 Å². The Bertz CT molecular complexity index is 1170. The molecule has 0 atom stereocenters. The summed E-state index contributed by atoms with van der Waals surface area (Å²) in [5.74, 6) is 0.415. The number of sulfonamides is 1. The van der Waals surface area contributed by atoms with Gasteiger partial charge in [0.1, 0.15) is 12.4 Å². The molecule has 0 fully saturated rings. The number of hydrogen-bond acceptors (Lipinski definition) is 4. The second-order valence-corrected chi connectivity index (χ2v) is 9.96. The monoisotopic (exact) mass is 498 g/mol. The van der Waals surface area contributed by atoms with Gasteiger partial charge in [-0.1, -0.05) is 53.0 Å². The quantitative estimate of drug-likeness (QED) is 0.409. The molecule has 3 aromatic carbocycles. The summed E-state index contributed by atoms with van der Waals surface area (Å²) in [5.41, 5.74) is 2.02. The van der Waals surface area contributed by atoms with Gasteiger partial charge in [0.05, 0.1) is 25.7 Å². The van der Waals surface area contributed by atoms with E-state index >= 15 is 0 Å². The number of ether oxygens (including phenoxy) is 1. The molecule has 0 saturated carbocycles. The first-order valence-corrected chi connectivity index (χ1v) is 11.9. The molecule has 3 aromatic rings. The Morgan fingerprint density at radius 1 is 0.839 bits per heavy atom. The fourth-order valence-electron chi connectivity index (χ4n) is 2.73. The number of likely N-dealkylation sites (N-methyl/N-ethyl adjacent to an activating group) is 1. The fourth-order valence-corrected chi connectivity index (χ4v) is 4.25. The van der Waals surface area contributed by atoms with Crippen LogP contribution in [0.2, 0.25) is 15.1 Å². The van der Waals surface area contributed by atoms with Crippen LogP contribution in [0.3, 0.4) is 0 Å². The van der Waals surface area contributed by atoms with Gasteiger partial charge in [0.2, 0.25) is 0 Å². The molecule has 0 aliphatic rings. The molecular formula is C22H21Cl3N2O3S. The zero-order valence-corrected chi connectivity index (χ0v) is 20.0. The lowest BCUT2D eigenvalue weighted by Crippen LogP contribution is -2.19. The van der Waals surface area contributed by atoms with Crippen LogP contribution in [0.15, 0.2) is 65.6 Å². The van der Waals surface area contributed by atoms with E-state index in [-0.39, 0.29) is 4.90 Å². The van der Waals surface area contributed by atoms with Gasteiger partial charge in [0.25, 0.3) is 10.0 Å². The average Bonchev–Trinajstić information content (AvgIpc) is 2.72. The van der Waals surface area contributed by atoms with E-state index in [4.69, 9.17) is 39.5 Å². The van der Waals surface area contributed by atoms with Gasteiger partial charge >= 0.3 is 0 Å². The molecule has 5 nitrogen and oxygen atoms in total. The number of nitrogens with zero attached hydrogens (tertiary/aromatic N) is 1. The highest BCUT2D eigenvalue weighted by Crippen LogP contribution is 2.31. The van der Waals surface area contributed by atoms with Crippen molar-refractivity contribution >= 4 is 50.5 Å². The van der Waals surface area contributed by atoms with Crippen LogP contribution in [0.5, 0.6) is 5.75 Å². The van der Waals surface area contributed by atoms with E-state index in [9.17, 15) is 8.42 Å². The van der Waals surface area contributed by atoms with Gasteiger partial charge in [-0.15, -0.1) is 0 Å². The number of benzene rings is 3. The van der Waals surface area contributed by atoms with Crippen LogP contribution >= 0.6 is 34.8 Å². The average molecular weight is 500 g/mol. The van der Waals surface area contributed by atoms with Crippen LogP contribution in [0.1, 0.15) is 0 Å². The van der Waals surface area contributed by atoms with E-state index in [1.807, 2.05) is 25.1 Å². The molecule has 0 saturated heterocycles. The summed E-state index contributed by atoms with van der Waals surface area (Å²) >= 11 is 18.2. The molecule has 3 rings (SSSR count). The molecule has 9 heteroatoms. The van der Waals surface area contributed by atoms with Crippen molar-refractivity contribution in [1.29, 1.82) is 0 Å². The highest BCUT2D eigenvalue weighted by molar-refractivity contribution is 7.92. The van der Waals surface area contributed by atoms with Gasteiger partial charge < -0.3 is 9.64 Å². The summed E-state index contributed by atoms with van der Waals surface area (Å²) in [5, 5.41) is 1.30. The summed E-state index contributed by atoms with van der Waals surface area (Å²) < 4.78 is 33.9. The number of anilines is 1. The third-order valence-corrected chi connectivity index (χ3v) is 6.85. The summed E-state index contributed by atoms with van der Waals surface area (Å²) in [6, 6.07) is 16.5. The number of halogens is 3. The summed E-state index contributed by atoms with van der Waals surface area (Å²) in [6.07, 6.45) is 0. The zero-order valence-electron chi connectivity index (χ0n) is 16.9. The lowest BCUT2D eigenvalue weighted by atomic mass is 10.1. The Morgan fingerprint density at radius 2 is 1.48 bits per heavy atom. The van der Waals surface area contributed by atoms with Gasteiger partial charge in [-0.2, -0.15) is 0 Å². The predicted molar refractivity (Wildman–Crippen MR) is 128 cm³/mol. The van der Waals surface area contributed by atoms with Crippen LogP contribution in [-0.2, 0) is 10.0 Å². The van der Waals surface area contributed by atoms with Crippen LogP contribution in [0.4, 0.5) is 5.69 Å². The lowest BCUT2D eigenvalue weighted by Gasteiger charge is -2.14. The largest absolute Gasteiger partial charge is 0.491 e. The summed E-state index contributed by atoms with van der Waals surface area (Å²) in [7, 11) is 0.0710. The first-order valence-electron chi connectivity index (χ1n) is 9.31. The van der Waals surface area contributed by atoms with Crippen molar-refractivity contribution in [2.45, 2.75) is 4.90 Å². The van der Waals surface area contributed by atoms with Crippen molar-refractivity contribution in [1.82, 2.24) is 4.90 Å². The summed E-state index contributed by atoms with van der Waals surface area (Å²) in [6.45, 7) is 1.14. The van der Waals surface area contributed by atoms with Crippen molar-refractivity contribution in [2.75, 3.05) is 32.0 Å². The van der Waals surface area contributed by atoms with E-state index in [0.29, 0.717) is 39.7 Å². The van der Waals surface area contributed by atoms with Crippen molar-refractivity contribution in [3.05, 3.63) is 75.7 Å². The fraction of sp³-hybridized carbons (Fsp3) is 0.182. The van der Waals surface area contributed by atoms with Gasteiger partial charge in [-0.05, 0) is 61.6 Å². The van der Waals surface area contributed by atoms with Crippen molar-refractivity contribution in [3.63, 3.8) is 0 Å². The minimum atomic E-state index is -3.79. The minimum absolute atomic E-state index is 0.126. The maximum absolute atomic E-state index is 12.8. The van der Waals surface area contributed by atoms with E-state index in [0.717, 1.165) is 11.1 Å². The first-order chi connectivity index (χ1) is 14.7. The van der Waals surface area contributed by atoms with E-state index < -0.39 is 10.0 Å². The molecule has 0 radical (unpaired) electrons. The minimum Gasteiger partial charge on any atom is -0.491 e. The normalized spacial score (nSPS) is 11.5. The van der Waals surface area contributed by atoms with Crippen LogP contribution in [0, 0.1) is 0 Å². The molecule has 0 aliphatic carbocycles. The number of nitrogens with one attached hydrogen (secondary N) is 1. The first kappa shape index (κ1) is 23.7. The molecule has 164 valence electrons. The molecular weight excluding hydrogens is 479 g/mol. The van der Waals surface area contributed by atoms with Gasteiger partial charge in [-0.3, -0.25) is 4.72 Å². The molecule has 0 heterocycles. The van der Waals surface area contributed by atoms with Crippen molar-refractivity contribution < 1.29 is 13.2 Å². The predicted octanol–water partition coefficient (Wildman–Crippen LogP) is 6.06. The molecule has 0 spiro atoms. The number of rotatable bonds is 8. The standard InChI is InChI=1S/C22H21Cl3N2O3S/c1-27(2)11-12-30-22-14-17(6-10-20(22)24)26-31(28,29)18-7-3-15(4-8-18)16-5-9-19(23)21(25)13-16/h3-10,13-14,26H,11-12H2,1-2H3. The molecule has 1 N–H and O–H groups in total. The Hall–Kier alpha value is -1.96. The summed E-state index contributed by atoms with van der Waals surface area (Å²) in [4.78, 5) is 2.10. The van der Waals surface area contributed by atoms with Crippen LogP contribution < -0.4 is 9.46 Å². The van der Waals surface area contributed by atoms with Crippen LogP contribution in [0.25, 0.3) is 11.1 Å². The van der Waals surface area contributed by atoms with E-state index in [1.165, 1.54) is 12.1 Å². The second kappa shape index (κ2) is 10.1. The van der Waals surface area contributed by atoms with Crippen molar-refractivity contribution in [3.8, 4) is 16.9 Å². The highest BCUT2D eigenvalue weighted by atomic mass is 35.5. The van der Waals surface area contributed by atoms with E-state index in [2.05, 4.69) is 4.72 Å². The second-order valence-electron chi connectivity index (χ2n) is 7.06. The third kappa shape index (κ3) is 6.28.